The second-order valence-corrected chi connectivity index (χ2v) is 4.52. The van der Waals surface area contributed by atoms with Crippen molar-refractivity contribution in [1.29, 1.82) is 0 Å². The quantitative estimate of drug-likeness (QED) is 0.529. The highest BCUT2D eigenvalue weighted by molar-refractivity contribution is 7.41. The number of ether oxygens (including phenoxy) is 1. The van der Waals surface area contributed by atoms with Crippen molar-refractivity contribution in [2.45, 2.75) is 6.42 Å². The maximum absolute atomic E-state index is 10.7. The molecule has 0 amide bonds. The summed E-state index contributed by atoms with van der Waals surface area (Å²) in [6.07, 6.45) is 1.06. The molecule has 0 spiro atoms. The van der Waals surface area contributed by atoms with Gasteiger partial charge in [-0.2, -0.15) is 0 Å². The van der Waals surface area contributed by atoms with E-state index in [0.717, 1.165) is 45.8 Å². The van der Waals surface area contributed by atoms with E-state index in [9.17, 15) is 4.57 Å². The van der Waals surface area contributed by atoms with Gasteiger partial charge in [-0.05, 0) is 13.0 Å². The zero-order valence-electron chi connectivity index (χ0n) is 8.16. The molecule has 4 nitrogen and oxygen atoms in total. The molecule has 1 heterocycles. The van der Waals surface area contributed by atoms with Gasteiger partial charge in [0.15, 0.2) is 6.66 Å². The van der Waals surface area contributed by atoms with Crippen LogP contribution in [-0.2, 0) is 9.30 Å². The number of nitrogens with zero attached hydrogens (tertiary/aromatic N) is 1. The maximum Gasteiger partial charge on any atom is 0.428 e. The molecule has 1 atom stereocenters. The first-order valence-electron chi connectivity index (χ1n) is 4.73. The lowest BCUT2D eigenvalue weighted by molar-refractivity contribution is 0.0376. The van der Waals surface area contributed by atoms with E-state index < -0.39 is 7.95 Å². The average molecular weight is 205 g/mol. The largest absolute Gasteiger partial charge is 0.428 e. The molecule has 1 fully saturated rings. The Labute approximate surface area is 80.5 Å². The van der Waals surface area contributed by atoms with E-state index >= 15 is 0 Å². The molecule has 1 aliphatic rings. The molecule has 0 saturated carbocycles. The van der Waals surface area contributed by atoms with E-state index in [1.54, 1.807) is 6.66 Å². The molecule has 0 radical (unpaired) electrons. The van der Waals surface area contributed by atoms with E-state index in [2.05, 4.69) is 9.99 Å². The van der Waals surface area contributed by atoms with Crippen LogP contribution in [0.15, 0.2) is 0 Å². The van der Waals surface area contributed by atoms with Gasteiger partial charge >= 0.3 is 7.95 Å². The maximum atomic E-state index is 10.7. The lowest BCUT2D eigenvalue weighted by Gasteiger charge is -2.26. The molecule has 0 aromatic heterocycles. The van der Waals surface area contributed by atoms with Gasteiger partial charge in [0, 0.05) is 19.6 Å². The van der Waals surface area contributed by atoms with Crippen molar-refractivity contribution in [2.75, 3.05) is 46.1 Å². The molecule has 1 aliphatic heterocycles. The van der Waals surface area contributed by atoms with Crippen LogP contribution in [0.1, 0.15) is 6.42 Å². The van der Waals surface area contributed by atoms with Crippen molar-refractivity contribution < 1.29 is 9.30 Å². The number of hydrogen-bond acceptors (Lipinski definition) is 3. The second kappa shape index (κ2) is 6.44. The van der Waals surface area contributed by atoms with Crippen LogP contribution in [0.3, 0.4) is 0 Å². The smallest absolute Gasteiger partial charge is 0.379 e. The molecule has 0 aromatic rings. The lowest BCUT2D eigenvalue weighted by atomic mass is 10.3. The zero-order chi connectivity index (χ0) is 9.52. The Bertz CT molecular complexity index is 160. The van der Waals surface area contributed by atoms with Crippen LogP contribution >= 0.6 is 7.95 Å². The number of morpholine rings is 1. The number of hydrogen-bond donors (Lipinski definition) is 1. The minimum Gasteiger partial charge on any atom is -0.379 e. The van der Waals surface area contributed by atoms with Crippen LogP contribution in [0.25, 0.3) is 0 Å². The Morgan fingerprint density at radius 1 is 1.46 bits per heavy atom. The molecule has 1 unspecified atom stereocenters. The number of rotatable bonds is 5. The highest BCUT2D eigenvalue weighted by Crippen LogP contribution is 2.05. The first kappa shape index (κ1) is 11.1. The van der Waals surface area contributed by atoms with Gasteiger partial charge < -0.3 is 4.74 Å². The molecular weight excluding hydrogens is 187 g/mol. The third-order valence-corrected chi connectivity index (χ3v) is 2.76. The van der Waals surface area contributed by atoms with Crippen LogP contribution in [0.2, 0.25) is 0 Å². The predicted molar refractivity (Wildman–Crippen MR) is 53.4 cm³/mol. The van der Waals surface area contributed by atoms with Crippen molar-refractivity contribution >= 4 is 7.95 Å². The molecule has 0 aromatic carbocycles. The van der Waals surface area contributed by atoms with Gasteiger partial charge in [-0.3, -0.25) is 4.90 Å². The van der Waals surface area contributed by atoms with E-state index in [4.69, 9.17) is 4.74 Å². The lowest BCUT2D eigenvalue weighted by Crippen LogP contribution is -2.37. The van der Waals surface area contributed by atoms with Gasteiger partial charge in [0.05, 0.1) is 13.2 Å². The summed E-state index contributed by atoms with van der Waals surface area (Å²) in [5.41, 5.74) is 0. The fourth-order valence-electron chi connectivity index (χ4n) is 1.36. The van der Waals surface area contributed by atoms with Crippen LogP contribution in [0, 0.1) is 0 Å². The van der Waals surface area contributed by atoms with E-state index in [0.29, 0.717) is 0 Å². The minimum atomic E-state index is -1.17. The van der Waals surface area contributed by atoms with Gasteiger partial charge in [-0.1, -0.05) is 4.57 Å². The molecule has 0 bridgehead atoms. The van der Waals surface area contributed by atoms with Crippen molar-refractivity contribution in [1.82, 2.24) is 9.99 Å². The first-order chi connectivity index (χ1) is 6.29. The van der Waals surface area contributed by atoms with Crippen molar-refractivity contribution in [3.05, 3.63) is 0 Å². The van der Waals surface area contributed by atoms with E-state index in [1.807, 2.05) is 0 Å². The summed E-state index contributed by atoms with van der Waals surface area (Å²) in [5, 5.41) is 2.94. The van der Waals surface area contributed by atoms with Crippen LogP contribution in [0.5, 0.6) is 0 Å². The summed E-state index contributed by atoms with van der Waals surface area (Å²) in [5.74, 6) is 0. The standard InChI is InChI=1S/C8H18N2O2P/c1-13(11)9-3-2-4-10-5-7-12-8-6-10/h2-8H2,1H3,(H,9,11)/q+1. The summed E-state index contributed by atoms with van der Waals surface area (Å²) in [4.78, 5) is 2.38. The zero-order valence-corrected chi connectivity index (χ0v) is 9.06. The predicted octanol–water partition coefficient (Wildman–Crippen LogP) is 0.670. The third-order valence-electron chi connectivity index (χ3n) is 2.09. The molecule has 5 heteroatoms. The third kappa shape index (κ3) is 5.32. The van der Waals surface area contributed by atoms with Gasteiger partial charge in [-0.25, -0.2) is 0 Å². The van der Waals surface area contributed by atoms with Gasteiger partial charge in [0.25, 0.3) is 0 Å². The van der Waals surface area contributed by atoms with Crippen LogP contribution in [-0.4, -0.2) is 51.0 Å². The average Bonchev–Trinajstić information content (AvgIpc) is 2.14. The van der Waals surface area contributed by atoms with Crippen LogP contribution < -0.4 is 5.09 Å². The molecule has 1 N–H and O–H groups in total. The Kier molecular flexibility index (Phi) is 5.47. The summed E-state index contributed by atoms with van der Waals surface area (Å²) in [6, 6.07) is 0. The van der Waals surface area contributed by atoms with E-state index in [1.165, 1.54) is 0 Å². The molecule has 13 heavy (non-hydrogen) atoms. The minimum absolute atomic E-state index is 0.850. The molecule has 76 valence electrons. The fraction of sp³-hybridized carbons (Fsp3) is 1.00. The first-order valence-corrected chi connectivity index (χ1v) is 6.44. The molecular formula is C8H18N2O2P+. The Balaban J connectivity index is 1.95. The fourth-order valence-corrected chi connectivity index (χ4v) is 1.84. The molecule has 1 rings (SSSR count). The van der Waals surface area contributed by atoms with Crippen LogP contribution in [0.4, 0.5) is 0 Å². The summed E-state index contributed by atoms with van der Waals surface area (Å²) in [7, 11) is -1.17. The highest BCUT2D eigenvalue weighted by Gasteiger charge is 2.10. The van der Waals surface area contributed by atoms with Crippen molar-refractivity contribution in [3.63, 3.8) is 0 Å². The Morgan fingerprint density at radius 2 is 2.15 bits per heavy atom. The van der Waals surface area contributed by atoms with Gasteiger partial charge in [0.1, 0.15) is 0 Å². The highest BCUT2D eigenvalue weighted by atomic mass is 31.1. The topological polar surface area (TPSA) is 41.6 Å². The molecule has 0 aliphatic carbocycles. The van der Waals surface area contributed by atoms with E-state index in [-0.39, 0.29) is 0 Å². The van der Waals surface area contributed by atoms with Crippen molar-refractivity contribution in [2.24, 2.45) is 0 Å². The molecule has 1 saturated heterocycles. The normalized spacial score (nSPS) is 20.2. The van der Waals surface area contributed by atoms with Gasteiger partial charge in [0.2, 0.25) is 0 Å². The Hall–Kier alpha value is -0.0200. The number of nitrogens with one attached hydrogen (secondary N) is 1. The van der Waals surface area contributed by atoms with Crippen molar-refractivity contribution in [3.8, 4) is 0 Å². The van der Waals surface area contributed by atoms with Gasteiger partial charge in [-0.15, -0.1) is 5.09 Å². The second-order valence-electron chi connectivity index (χ2n) is 3.21. The summed E-state index contributed by atoms with van der Waals surface area (Å²) in [6.45, 7) is 7.42. The summed E-state index contributed by atoms with van der Waals surface area (Å²) >= 11 is 0. The SMILES string of the molecule is C[P+](=O)NCCCN1CCOCC1. The Morgan fingerprint density at radius 3 is 2.77 bits per heavy atom. The summed E-state index contributed by atoms with van der Waals surface area (Å²) < 4.78 is 15.9. The monoisotopic (exact) mass is 205 g/mol.